The molecule has 0 bridgehead atoms. The summed E-state index contributed by atoms with van der Waals surface area (Å²) in [6.07, 6.45) is 1.80. The second kappa shape index (κ2) is 2.98. The number of aromatic nitrogens is 1. The highest BCUT2D eigenvalue weighted by Gasteiger charge is 2.04. The number of fused-ring (bicyclic) bond motifs is 1. The third kappa shape index (κ3) is 1.15. The number of pyridine rings is 1. The van der Waals surface area contributed by atoms with Crippen LogP contribution in [0.5, 0.6) is 0 Å². The third-order valence-corrected chi connectivity index (χ3v) is 2.78. The van der Waals surface area contributed by atoms with Gasteiger partial charge in [-0.2, -0.15) is 0 Å². The Labute approximate surface area is 82.8 Å². The summed E-state index contributed by atoms with van der Waals surface area (Å²) in [6, 6.07) is 6.03. The average Bonchev–Trinajstić information content (AvgIpc) is 2.17. The van der Waals surface area contributed by atoms with Gasteiger partial charge in [0.1, 0.15) is 0 Å². The Bertz CT molecular complexity index is 547. The van der Waals surface area contributed by atoms with Crippen LogP contribution in [0.4, 0.5) is 0 Å². The molecule has 0 aliphatic carbocycles. The van der Waals surface area contributed by atoms with E-state index in [1.165, 1.54) is 5.56 Å². The highest BCUT2D eigenvalue weighted by molar-refractivity contribution is 5.85. The van der Waals surface area contributed by atoms with Crippen molar-refractivity contribution >= 4 is 10.8 Å². The predicted octanol–water partition coefficient (Wildman–Crippen LogP) is 2.16. The second-order valence-corrected chi connectivity index (χ2v) is 3.70. The van der Waals surface area contributed by atoms with Crippen molar-refractivity contribution in [3.8, 4) is 0 Å². The van der Waals surface area contributed by atoms with Gasteiger partial charge in [0, 0.05) is 13.2 Å². The van der Waals surface area contributed by atoms with E-state index in [1.807, 2.05) is 26.0 Å². The van der Waals surface area contributed by atoms with Gasteiger partial charge < -0.3 is 4.57 Å². The lowest BCUT2D eigenvalue weighted by Crippen LogP contribution is -2.16. The zero-order chi connectivity index (χ0) is 10.3. The molecule has 0 aliphatic heterocycles. The van der Waals surface area contributed by atoms with E-state index in [-0.39, 0.29) is 5.56 Å². The summed E-state index contributed by atoms with van der Waals surface area (Å²) < 4.78 is 1.62. The van der Waals surface area contributed by atoms with E-state index in [1.54, 1.807) is 17.8 Å². The number of benzene rings is 1. The molecule has 1 aromatic heterocycles. The van der Waals surface area contributed by atoms with Crippen molar-refractivity contribution in [2.45, 2.75) is 13.8 Å². The first-order valence-corrected chi connectivity index (χ1v) is 4.67. The fourth-order valence-corrected chi connectivity index (χ4v) is 1.70. The zero-order valence-corrected chi connectivity index (χ0v) is 8.66. The molecular weight excluding hydrogens is 174 g/mol. The van der Waals surface area contributed by atoms with Crippen molar-refractivity contribution in [3.63, 3.8) is 0 Å². The average molecular weight is 187 g/mol. The Balaban J connectivity index is 3.06. The van der Waals surface area contributed by atoms with Gasteiger partial charge >= 0.3 is 0 Å². The number of aryl methyl sites for hydroxylation is 3. The lowest BCUT2D eigenvalue weighted by Gasteiger charge is -2.06. The number of hydrogen-bond donors (Lipinski definition) is 0. The summed E-state index contributed by atoms with van der Waals surface area (Å²) in [5.41, 5.74) is 2.34. The van der Waals surface area contributed by atoms with E-state index in [9.17, 15) is 4.79 Å². The van der Waals surface area contributed by atoms with Crippen molar-refractivity contribution in [2.75, 3.05) is 0 Å². The van der Waals surface area contributed by atoms with Crippen LogP contribution in [0.1, 0.15) is 11.1 Å². The van der Waals surface area contributed by atoms with Crippen LogP contribution in [0.15, 0.2) is 29.2 Å². The van der Waals surface area contributed by atoms with Crippen LogP contribution in [0, 0.1) is 13.8 Å². The molecule has 0 N–H and O–H groups in total. The Kier molecular flexibility index (Phi) is 1.92. The van der Waals surface area contributed by atoms with Gasteiger partial charge in [-0.05, 0) is 36.4 Å². The third-order valence-electron chi connectivity index (χ3n) is 2.78. The molecule has 1 aromatic carbocycles. The molecule has 72 valence electrons. The Morgan fingerprint density at radius 2 is 1.86 bits per heavy atom. The van der Waals surface area contributed by atoms with E-state index in [0.717, 1.165) is 16.3 Å². The molecule has 2 nitrogen and oxygen atoms in total. The topological polar surface area (TPSA) is 22.0 Å². The van der Waals surface area contributed by atoms with E-state index >= 15 is 0 Å². The van der Waals surface area contributed by atoms with Crippen LogP contribution < -0.4 is 5.56 Å². The fourth-order valence-electron chi connectivity index (χ4n) is 1.70. The van der Waals surface area contributed by atoms with E-state index in [4.69, 9.17) is 0 Å². The van der Waals surface area contributed by atoms with E-state index < -0.39 is 0 Å². The van der Waals surface area contributed by atoms with Crippen LogP contribution in [-0.4, -0.2) is 4.57 Å². The summed E-state index contributed by atoms with van der Waals surface area (Å²) in [5.74, 6) is 0. The summed E-state index contributed by atoms with van der Waals surface area (Å²) in [4.78, 5) is 11.9. The van der Waals surface area contributed by atoms with E-state index in [2.05, 4.69) is 6.07 Å². The van der Waals surface area contributed by atoms with Crippen molar-refractivity contribution < 1.29 is 0 Å². The molecule has 0 saturated carbocycles. The van der Waals surface area contributed by atoms with Crippen LogP contribution >= 0.6 is 0 Å². The molecule has 0 atom stereocenters. The first-order chi connectivity index (χ1) is 6.61. The maximum atomic E-state index is 11.9. The first kappa shape index (κ1) is 9.00. The second-order valence-electron chi connectivity index (χ2n) is 3.70. The molecule has 0 unspecified atom stereocenters. The van der Waals surface area contributed by atoms with Gasteiger partial charge in [-0.25, -0.2) is 0 Å². The maximum Gasteiger partial charge on any atom is 0.258 e. The lowest BCUT2D eigenvalue weighted by molar-refractivity contribution is 0.872. The largest absolute Gasteiger partial charge is 0.318 e. The Morgan fingerprint density at radius 3 is 2.57 bits per heavy atom. The van der Waals surface area contributed by atoms with Gasteiger partial charge in [0.2, 0.25) is 0 Å². The summed E-state index contributed by atoms with van der Waals surface area (Å²) in [5, 5.41) is 1.87. The monoisotopic (exact) mass is 187 g/mol. The Hall–Kier alpha value is -1.57. The molecule has 0 saturated heterocycles. The minimum atomic E-state index is 0.0868. The SMILES string of the molecule is Cc1ccc2ccn(C)c(=O)c2c1C. The van der Waals surface area contributed by atoms with Gasteiger partial charge in [-0.1, -0.05) is 12.1 Å². The molecule has 14 heavy (non-hydrogen) atoms. The van der Waals surface area contributed by atoms with Gasteiger partial charge in [-0.15, -0.1) is 0 Å². The van der Waals surface area contributed by atoms with Gasteiger partial charge in [0.15, 0.2) is 0 Å². The number of rotatable bonds is 0. The van der Waals surface area contributed by atoms with Crippen LogP contribution in [0.25, 0.3) is 10.8 Å². The van der Waals surface area contributed by atoms with Crippen molar-refractivity contribution in [2.24, 2.45) is 7.05 Å². The first-order valence-electron chi connectivity index (χ1n) is 4.67. The number of hydrogen-bond acceptors (Lipinski definition) is 1. The quantitative estimate of drug-likeness (QED) is 0.619. The molecule has 0 aliphatic rings. The van der Waals surface area contributed by atoms with Gasteiger partial charge in [0.05, 0.1) is 5.39 Å². The van der Waals surface area contributed by atoms with Gasteiger partial charge in [0.25, 0.3) is 5.56 Å². The van der Waals surface area contributed by atoms with Crippen LogP contribution in [-0.2, 0) is 7.05 Å². The van der Waals surface area contributed by atoms with E-state index in [0.29, 0.717) is 0 Å². The van der Waals surface area contributed by atoms with Gasteiger partial charge in [-0.3, -0.25) is 4.79 Å². The molecule has 2 aromatic rings. The number of nitrogens with zero attached hydrogens (tertiary/aromatic N) is 1. The molecule has 2 heteroatoms. The predicted molar refractivity (Wildman–Crippen MR) is 58.7 cm³/mol. The van der Waals surface area contributed by atoms with Crippen molar-refractivity contribution in [1.82, 2.24) is 4.57 Å². The van der Waals surface area contributed by atoms with Crippen molar-refractivity contribution in [3.05, 3.63) is 45.9 Å². The van der Waals surface area contributed by atoms with Crippen molar-refractivity contribution in [1.29, 1.82) is 0 Å². The fraction of sp³-hybridized carbons (Fsp3) is 0.250. The highest BCUT2D eigenvalue weighted by atomic mass is 16.1. The van der Waals surface area contributed by atoms with Crippen LogP contribution in [0.3, 0.4) is 0 Å². The zero-order valence-electron chi connectivity index (χ0n) is 8.66. The molecule has 1 heterocycles. The summed E-state index contributed by atoms with van der Waals surface area (Å²) in [6.45, 7) is 4.03. The minimum absolute atomic E-state index is 0.0868. The standard InChI is InChI=1S/C12H13NO/c1-8-4-5-10-6-7-13(3)12(14)11(10)9(8)2/h4-7H,1-3H3. The Morgan fingerprint density at radius 1 is 1.14 bits per heavy atom. The molecule has 0 radical (unpaired) electrons. The highest BCUT2D eigenvalue weighted by Crippen LogP contribution is 2.17. The summed E-state index contributed by atoms with van der Waals surface area (Å²) in [7, 11) is 1.78. The lowest BCUT2D eigenvalue weighted by atomic mass is 10.0. The molecule has 2 rings (SSSR count). The van der Waals surface area contributed by atoms with Crippen LogP contribution in [0.2, 0.25) is 0 Å². The summed E-state index contributed by atoms with van der Waals surface area (Å²) >= 11 is 0. The molecule has 0 spiro atoms. The normalized spacial score (nSPS) is 10.8. The maximum absolute atomic E-state index is 11.9. The molecule has 0 fully saturated rings. The molecule has 0 amide bonds. The smallest absolute Gasteiger partial charge is 0.258 e. The minimum Gasteiger partial charge on any atom is -0.318 e. The molecular formula is C12H13NO.